The Morgan fingerprint density at radius 2 is 1.80 bits per heavy atom. The molecule has 6 heteroatoms. The van der Waals surface area contributed by atoms with Crippen molar-refractivity contribution in [3.8, 4) is 0 Å². The molecule has 1 aliphatic carbocycles. The van der Waals surface area contributed by atoms with E-state index in [0.717, 1.165) is 37.7 Å². The number of hydrogen-bond donors (Lipinski definition) is 3. The molecule has 1 saturated carbocycles. The van der Waals surface area contributed by atoms with Crippen LogP contribution in [0.5, 0.6) is 0 Å². The molecule has 1 fully saturated rings. The van der Waals surface area contributed by atoms with E-state index in [4.69, 9.17) is 4.74 Å². The normalized spacial score (nSPS) is 16.9. The van der Waals surface area contributed by atoms with Gasteiger partial charge in [-0.15, -0.1) is 0 Å². The standard InChI is InChI=1S/C19H28N2O4/c1-18(2,16(22)23)14-20-19(11-7-4-8-12-19)21-17(24)25-13-15-9-5-3-6-10-15/h3,5-6,9-10,20H,4,7-8,11-14H2,1-2H3,(H,21,24)(H,22,23). The molecule has 0 saturated heterocycles. The van der Waals surface area contributed by atoms with Gasteiger partial charge in [-0.05, 0) is 45.1 Å². The number of carbonyl (C=O) groups is 2. The highest BCUT2D eigenvalue weighted by molar-refractivity contribution is 5.74. The van der Waals surface area contributed by atoms with Crippen LogP contribution in [0.15, 0.2) is 30.3 Å². The van der Waals surface area contributed by atoms with Crippen molar-refractivity contribution in [2.24, 2.45) is 5.41 Å². The molecule has 0 aliphatic heterocycles. The van der Waals surface area contributed by atoms with Crippen molar-refractivity contribution < 1.29 is 19.4 Å². The third-order valence-electron chi connectivity index (χ3n) is 4.71. The molecule has 1 aromatic rings. The lowest BCUT2D eigenvalue weighted by atomic mass is 9.86. The van der Waals surface area contributed by atoms with Crippen LogP contribution >= 0.6 is 0 Å². The molecule has 0 spiro atoms. The maximum absolute atomic E-state index is 12.3. The van der Waals surface area contributed by atoms with Crippen molar-refractivity contribution in [2.75, 3.05) is 6.54 Å². The Balaban J connectivity index is 1.94. The van der Waals surface area contributed by atoms with Gasteiger partial charge in [0.15, 0.2) is 0 Å². The molecular formula is C19H28N2O4. The highest BCUT2D eigenvalue weighted by Crippen LogP contribution is 2.27. The topological polar surface area (TPSA) is 87.7 Å². The van der Waals surface area contributed by atoms with Gasteiger partial charge < -0.3 is 15.2 Å². The highest BCUT2D eigenvalue weighted by Gasteiger charge is 2.37. The number of carboxylic acid groups (broad SMARTS) is 1. The molecule has 0 atom stereocenters. The molecular weight excluding hydrogens is 320 g/mol. The monoisotopic (exact) mass is 348 g/mol. The second-order valence-corrected chi connectivity index (χ2v) is 7.37. The van der Waals surface area contributed by atoms with Crippen LogP contribution in [0.2, 0.25) is 0 Å². The molecule has 2 rings (SSSR count). The Morgan fingerprint density at radius 1 is 1.16 bits per heavy atom. The first-order chi connectivity index (χ1) is 11.8. The van der Waals surface area contributed by atoms with E-state index >= 15 is 0 Å². The van der Waals surface area contributed by atoms with Gasteiger partial charge in [-0.25, -0.2) is 4.79 Å². The van der Waals surface area contributed by atoms with Gasteiger partial charge in [0, 0.05) is 6.54 Å². The number of aliphatic carboxylic acids is 1. The minimum Gasteiger partial charge on any atom is -0.481 e. The van der Waals surface area contributed by atoms with Crippen LogP contribution in [0.3, 0.4) is 0 Å². The Morgan fingerprint density at radius 3 is 2.40 bits per heavy atom. The molecule has 1 aromatic carbocycles. The lowest BCUT2D eigenvalue weighted by molar-refractivity contribution is -0.146. The molecule has 138 valence electrons. The van der Waals surface area contributed by atoms with Crippen molar-refractivity contribution in [2.45, 2.75) is 58.2 Å². The number of amides is 1. The predicted octanol–water partition coefficient (Wildman–Crippen LogP) is 3.27. The highest BCUT2D eigenvalue weighted by atomic mass is 16.5. The first-order valence-electron chi connectivity index (χ1n) is 8.80. The van der Waals surface area contributed by atoms with Crippen molar-refractivity contribution in [3.63, 3.8) is 0 Å². The molecule has 1 amide bonds. The summed E-state index contributed by atoms with van der Waals surface area (Å²) in [4.78, 5) is 23.6. The van der Waals surface area contributed by atoms with Crippen molar-refractivity contribution in [3.05, 3.63) is 35.9 Å². The molecule has 6 nitrogen and oxygen atoms in total. The Labute approximate surface area is 149 Å². The molecule has 0 heterocycles. The molecule has 0 unspecified atom stereocenters. The summed E-state index contributed by atoms with van der Waals surface area (Å²) in [6, 6.07) is 9.51. The average Bonchev–Trinajstić information content (AvgIpc) is 2.60. The summed E-state index contributed by atoms with van der Waals surface area (Å²) in [6.07, 6.45) is 4.14. The minimum atomic E-state index is -0.903. The van der Waals surface area contributed by atoms with Crippen LogP contribution in [0, 0.1) is 5.41 Å². The van der Waals surface area contributed by atoms with Gasteiger partial charge in [0.25, 0.3) is 0 Å². The third kappa shape index (κ3) is 5.74. The summed E-state index contributed by atoms with van der Waals surface area (Å²) in [5.74, 6) is -0.863. The zero-order chi connectivity index (χ0) is 18.3. The van der Waals surface area contributed by atoms with Crippen molar-refractivity contribution >= 4 is 12.1 Å². The van der Waals surface area contributed by atoms with Gasteiger partial charge in [0.2, 0.25) is 0 Å². The van der Waals surface area contributed by atoms with Crippen LogP contribution in [-0.4, -0.2) is 29.4 Å². The predicted molar refractivity (Wildman–Crippen MR) is 95.0 cm³/mol. The first-order valence-corrected chi connectivity index (χ1v) is 8.80. The fraction of sp³-hybridized carbons (Fsp3) is 0.579. The number of hydrogen-bond acceptors (Lipinski definition) is 4. The summed E-state index contributed by atoms with van der Waals surface area (Å²) in [7, 11) is 0. The molecule has 0 radical (unpaired) electrons. The first kappa shape index (κ1) is 19.2. The second-order valence-electron chi connectivity index (χ2n) is 7.37. The van der Waals surface area contributed by atoms with Crippen molar-refractivity contribution in [1.29, 1.82) is 0 Å². The molecule has 0 aromatic heterocycles. The van der Waals surface area contributed by atoms with Gasteiger partial charge in [0.05, 0.1) is 11.1 Å². The van der Waals surface area contributed by atoms with Gasteiger partial charge >= 0.3 is 12.1 Å². The maximum atomic E-state index is 12.3. The molecule has 1 aliphatic rings. The SMILES string of the molecule is CC(C)(CNC1(NC(=O)OCc2ccccc2)CCCCC1)C(=O)O. The second kappa shape index (κ2) is 8.34. The van der Waals surface area contributed by atoms with Crippen LogP contribution in [0.4, 0.5) is 4.79 Å². The lowest BCUT2D eigenvalue weighted by Crippen LogP contribution is -2.61. The van der Waals surface area contributed by atoms with Gasteiger partial charge in [-0.1, -0.05) is 36.8 Å². The summed E-state index contributed by atoms with van der Waals surface area (Å²) >= 11 is 0. The molecule has 0 bridgehead atoms. The largest absolute Gasteiger partial charge is 0.481 e. The summed E-state index contributed by atoms with van der Waals surface area (Å²) in [5, 5.41) is 15.5. The quantitative estimate of drug-likeness (QED) is 0.658. The number of rotatable bonds is 7. The van der Waals surface area contributed by atoms with Crippen molar-refractivity contribution in [1.82, 2.24) is 10.6 Å². The zero-order valence-corrected chi connectivity index (χ0v) is 15.0. The number of alkyl carbamates (subject to hydrolysis) is 1. The Bertz CT molecular complexity index is 580. The van der Waals surface area contributed by atoms with Gasteiger partial charge in [-0.3, -0.25) is 10.1 Å². The van der Waals surface area contributed by atoms with E-state index in [1.165, 1.54) is 0 Å². The lowest BCUT2D eigenvalue weighted by Gasteiger charge is -2.40. The van der Waals surface area contributed by atoms with Crippen LogP contribution in [0.25, 0.3) is 0 Å². The van der Waals surface area contributed by atoms with E-state index in [2.05, 4.69) is 10.6 Å². The van der Waals surface area contributed by atoms with Crippen LogP contribution in [0.1, 0.15) is 51.5 Å². The minimum absolute atomic E-state index is 0.212. The summed E-state index contributed by atoms with van der Waals surface area (Å²) < 4.78 is 5.33. The number of carbonyl (C=O) groups excluding carboxylic acids is 1. The van der Waals surface area contributed by atoms with E-state index in [1.54, 1.807) is 13.8 Å². The van der Waals surface area contributed by atoms with Crippen LogP contribution < -0.4 is 10.6 Å². The number of benzene rings is 1. The number of ether oxygens (including phenoxy) is 1. The maximum Gasteiger partial charge on any atom is 0.408 e. The Hall–Kier alpha value is -2.08. The fourth-order valence-corrected chi connectivity index (χ4v) is 2.92. The fourth-order valence-electron chi connectivity index (χ4n) is 2.92. The number of carboxylic acids is 1. The molecule has 25 heavy (non-hydrogen) atoms. The van der Waals surface area contributed by atoms with E-state index in [0.29, 0.717) is 0 Å². The zero-order valence-electron chi connectivity index (χ0n) is 15.0. The summed E-state index contributed by atoms with van der Waals surface area (Å²) in [6.45, 7) is 3.84. The van der Waals surface area contributed by atoms with E-state index in [9.17, 15) is 14.7 Å². The van der Waals surface area contributed by atoms with Gasteiger partial charge in [-0.2, -0.15) is 0 Å². The number of nitrogens with one attached hydrogen (secondary N) is 2. The van der Waals surface area contributed by atoms with Crippen LogP contribution in [-0.2, 0) is 16.1 Å². The van der Waals surface area contributed by atoms with Gasteiger partial charge in [0.1, 0.15) is 6.61 Å². The molecule has 3 N–H and O–H groups in total. The van der Waals surface area contributed by atoms with E-state index in [1.807, 2.05) is 30.3 Å². The summed E-state index contributed by atoms with van der Waals surface area (Å²) in [5.41, 5.74) is -0.575. The third-order valence-corrected chi connectivity index (χ3v) is 4.71. The Kier molecular flexibility index (Phi) is 6.42. The van der Waals surface area contributed by atoms with E-state index < -0.39 is 23.1 Å². The smallest absolute Gasteiger partial charge is 0.408 e. The van der Waals surface area contributed by atoms with E-state index in [-0.39, 0.29) is 13.2 Å². The average molecular weight is 348 g/mol.